The summed E-state index contributed by atoms with van der Waals surface area (Å²) in [6, 6.07) is 0. The zero-order valence-corrected chi connectivity index (χ0v) is 13.4. The summed E-state index contributed by atoms with van der Waals surface area (Å²) in [5.41, 5.74) is 0.498. The number of fused-ring (bicyclic) bond motifs is 2. The molecule has 0 bridgehead atoms. The predicted molar refractivity (Wildman–Crippen MR) is 89.7 cm³/mol. The lowest BCUT2D eigenvalue weighted by molar-refractivity contribution is 0.114. The van der Waals surface area contributed by atoms with E-state index in [1.54, 1.807) is 0 Å². The van der Waals surface area contributed by atoms with Gasteiger partial charge in [-0.25, -0.2) is 0 Å². The fourth-order valence-electron chi connectivity index (χ4n) is 5.47. The molecule has 4 aliphatic carbocycles. The highest BCUT2D eigenvalue weighted by Gasteiger charge is 2.47. The smallest absolute Gasteiger partial charge is 0.0164 e. The summed E-state index contributed by atoms with van der Waals surface area (Å²) < 4.78 is 0. The summed E-state index contributed by atoms with van der Waals surface area (Å²) >= 11 is 0. The van der Waals surface area contributed by atoms with Gasteiger partial charge in [0.15, 0.2) is 0 Å². The molecule has 0 heteroatoms. The van der Waals surface area contributed by atoms with Crippen LogP contribution in [0, 0.1) is 40.9 Å². The predicted octanol–water partition coefficient (Wildman–Crippen LogP) is 5.55. The van der Waals surface area contributed by atoms with Crippen molar-refractivity contribution in [2.75, 3.05) is 0 Å². The first-order chi connectivity index (χ1) is 10.1. The summed E-state index contributed by atoms with van der Waals surface area (Å²) in [7, 11) is 0. The Labute approximate surface area is 129 Å². The van der Waals surface area contributed by atoms with Crippen molar-refractivity contribution in [3.8, 4) is 0 Å². The van der Waals surface area contributed by atoms with Crippen LogP contribution in [0.25, 0.3) is 0 Å². The standard InChI is InChI=1S/C21H28/c1-21(2,19-11-15-7-3-4-8-16(15)12-19)20-13-17-9-5-6-10-18(17)14-20/h3-10,15-20H,11-14H2,1-2H3. The number of allylic oxidation sites excluding steroid dienone is 8. The average molecular weight is 280 g/mol. The lowest BCUT2D eigenvalue weighted by Crippen LogP contribution is -2.30. The van der Waals surface area contributed by atoms with Crippen LogP contribution in [-0.4, -0.2) is 0 Å². The average Bonchev–Trinajstić information content (AvgIpc) is 3.11. The molecule has 0 amide bonds. The van der Waals surface area contributed by atoms with Crippen molar-refractivity contribution in [2.45, 2.75) is 39.5 Å². The van der Waals surface area contributed by atoms with Crippen LogP contribution in [0.3, 0.4) is 0 Å². The van der Waals surface area contributed by atoms with Gasteiger partial charge in [0.05, 0.1) is 0 Å². The lowest BCUT2D eigenvalue weighted by Gasteiger charge is -2.38. The number of rotatable bonds is 2. The fourth-order valence-corrected chi connectivity index (χ4v) is 5.47. The highest BCUT2D eigenvalue weighted by molar-refractivity contribution is 5.19. The van der Waals surface area contributed by atoms with Crippen molar-refractivity contribution in [1.82, 2.24) is 0 Å². The lowest BCUT2D eigenvalue weighted by atomic mass is 9.67. The van der Waals surface area contributed by atoms with Crippen molar-refractivity contribution in [3.63, 3.8) is 0 Å². The Morgan fingerprint density at radius 2 is 0.857 bits per heavy atom. The van der Waals surface area contributed by atoms with E-state index in [1.807, 2.05) is 0 Å². The van der Waals surface area contributed by atoms with E-state index in [9.17, 15) is 0 Å². The number of hydrogen-bond acceptors (Lipinski definition) is 0. The van der Waals surface area contributed by atoms with Gasteiger partial charge in [-0.05, 0) is 66.6 Å². The van der Waals surface area contributed by atoms with Gasteiger partial charge in [-0.1, -0.05) is 62.5 Å². The molecule has 0 heterocycles. The molecule has 4 aliphatic rings. The molecule has 4 unspecified atom stereocenters. The van der Waals surface area contributed by atoms with Gasteiger partial charge in [-0.15, -0.1) is 0 Å². The van der Waals surface area contributed by atoms with E-state index in [2.05, 4.69) is 62.5 Å². The molecule has 0 nitrogen and oxygen atoms in total. The third-order valence-electron chi connectivity index (χ3n) is 7.09. The molecule has 0 aliphatic heterocycles. The quantitative estimate of drug-likeness (QED) is 0.622. The Kier molecular flexibility index (Phi) is 3.24. The Balaban J connectivity index is 1.49. The summed E-state index contributed by atoms with van der Waals surface area (Å²) in [4.78, 5) is 0. The molecule has 112 valence electrons. The molecular formula is C21H28. The topological polar surface area (TPSA) is 0 Å². The van der Waals surface area contributed by atoms with Gasteiger partial charge in [0.1, 0.15) is 0 Å². The molecular weight excluding hydrogens is 252 g/mol. The third kappa shape index (κ3) is 2.28. The van der Waals surface area contributed by atoms with Gasteiger partial charge in [-0.2, -0.15) is 0 Å². The zero-order chi connectivity index (χ0) is 14.4. The normalized spacial score (nSPS) is 44.1. The largest absolute Gasteiger partial charge is 0.0808 e. The zero-order valence-electron chi connectivity index (χ0n) is 13.4. The summed E-state index contributed by atoms with van der Waals surface area (Å²) in [5.74, 6) is 5.09. The molecule has 0 aromatic heterocycles. The Bertz CT molecular complexity index is 430. The SMILES string of the molecule is CC(C)(C1CC2C=CC=CC2C1)C1CC2C=CC=CC2C1. The van der Waals surface area contributed by atoms with Crippen LogP contribution in [0.15, 0.2) is 48.6 Å². The molecule has 0 aromatic carbocycles. The first-order valence-electron chi connectivity index (χ1n) is 8.84. The van der Waals surface area contributed by atoms with Crippen LogP contribution in [0.5, 0.6) is 0 Å². The van der Waals surface area contributed by atoms with Crippen LogP contribution in [-0.2, 0) is 0 Å². The molecule has 0 radical (unpaired) electrons. The molecule has 4 rings (SSSR count). The minimum absolute atomic E-state index is 0.498. The molecule has 0 spiro atoms. The highest BCUT2D eigenvalue weighted by atomic mass is 14.5. The molecule has 21 heavy (non-hydrogen) atoms. The first kappa shape index (κ1) is 13.6. The van der Waals surface area contributed by atoms with Crippen LogP contribution in [0.2, 0.25) is 0 Å². The van der Waals surface area contributed by atoms with Crippen molar-refractivity contribution in [3.05, 3.63) is 48.6 Å². The van der Waals surface area contributed by atoms with Crippen LogP contribution < -0.4 is 0 Å². The van der Waals surface area contributed by atoms with Crippen LogP contribution in [0.4, 0.5) is 0 Å². The Hall–Kier alpha value is -1.04. The second-order valence-electron chi connectivity index (χ2n) is 8.35. The molecule has 0 saturated heterocycles. The molecule has 0 aromatic rings. The monoisotopic (exact) mass is 280 g/mol. The van der Waals surface area contributed by atoms with E-state index in [4.69, 9.17) is 0 Å². The van der Waals surface area contributed by atoms with E-state index in [0.29, 0.717) is 5.41 Å². The van der Waals surface area contributed by atoms with Crippen LogP contribution >= 0.6 is 0 Å². The van der Waals surface area contributed by atoms with Crippen molar-refractivity contribution in [1.29, 1.82) is 0 Å². The Morgan fingerprint density at radius 1 is 0.571 bits per heavy atom. The maximum atomic E-state index is 2.57. The minimum atomic E-state index is 0.498. The molecule has 0 N–H and O–H groups in total. The minimum Gasteiger partial charge on any atom is -0.0808 e. The second-order valence-corrected chi connectivity index (χ2v) is 8.35. The van der Waals surface area contributed by atoms with Gasteiger partial charge in [0.25, 0.3) is 0 Å². The van der Waals surface area contributed by atoms with Crippen molar-refractivity contribution >= 4 is 0 Å². The molecule has 2 fully saturated rings. The van der Waals surface area contributed by atoms with Gasteiger partial charge in [0.2, 0.25) is 0 Å². The fraction of sp³-hybridized carbons (Fsp3) is 0.619. The maximum Gasteiger partial charge on any atom is -0.0164 e. The third-order valence-corrected chi connectivity index (χ3v) is 7.09. The van der Waals surface area contributed by atoms with Crippen molar-refractivity contribution < 1.29 is 0 Å². The summed E-state index contributed by atoms with van der Waals surface area (Å²) in [6.07, 6.45) is 24.5. The molecule has 2 saturated carbocycles. The van der Waals surface area contributed by atoms with E-state index in [1.165, 1.54) is 25.7 Å². The van der Waals surface area contributed by atoms with Crippen molar-refractivity contribution in [2.24, 2.45) is 40.9 Å². The van der Waals surface area contributed by atoms with E-state index in [0.717, 1.165) is 35.5 Å². The second kappa shape index (κ2) is 5.00. The number of hydrogen-bond donors (Lipinski definition) is 0. The first-order valence-corrected chi connectivity index (χ1v) is 8.84. The summed E-state index contributed by atoms with van der Waals surface area (Å²) in [5, 5.41) is 0. The molecule has 4 atom stereocenters. The Morgan fingerprint density at radius 3 is 1.14 bits per heavy atom. The van der Waals surface area contributed by atoms with Gasteiger partial charge < -0.3 is 0 Å². The van der Waals surface area contributed by atoms with E-state index < -0.39 is 0 Å². The van der Waals surface area contributed by atoms with E-state index in [-0.39, 0.29) is 0 Å². The maximum absolute atomic E-state index is 2.57. The highest BCUT2D eigenvalue weighted by Crippen LogP contribution is 2.56. The van der Waals surface area contributed by atoms with Crippen LogP contribution in [0.1, 0.15) is 39.5 Å². The van der Waals surface area contributed by atoms with Gasteiger partial charge in [0, 0.05) is 0 Å². The van der Waals surface area contributed by atoms with Gasteiger partial charge in [-0.3, -0.25) is 0 Å². The summed E-state index contributed by atoms with van der Waals surface area (Å²) in [6.45, 7) is 5.13. The van der Waals surface area contributed by atoms with Gasteiger partial charge >= 0.3 is 0 Å². The van der Waals surface area contributed by atoms with E-state index >= 15 is 0 Å².